The molecule has 0 aromatic heterocycles. The van der Waals surface area contributed by atoms with Crippen LogP contribution in [0.1, 0.15) is 27.2 Å². The van der Waals surface area contributed by atoms with Crippen molar-refractivity contribution in [2.75, 3.05) is 39.3 Å². The molecule has 4 heteroatoms. The van der Waals surface area contributed by atoms with Crippen LogP contribution in [0.3, 0.4) is 0 Å². The second kappa shape index (κ2) is 11.5. The van der Waals surface area contributed by atoms with Crippen LogP contribution in [0.4, 0.5) is 0 Å². The summed E-state index contributed by atoms with van der Waals surface area (Å²) in [5, 5.41) is 6.40. The molecule has 0 aliphatic rings. The molecule has 0 aliphatic heterocycles. The van der Waals surface area contributed by atoms with Crippen molar-refractivity contribution in [3.63, 3.8) is 0 Å². The average Bonchev–Trinajstić information content (AvgIpc) is 2.36. The molecular formula is C13H28N4. The predicted molar refractivity (Wildman–Crippen MR) is 76.6 cm³/mol. The van der Waals surface area contributed by atoms with Crippen LogP contribution in [0.5, 0.6) is 0 Å². The van der Waals surface area contributed by atoms with Crippen molar-refractivity contribution in [3.8, 4) is 0 Å². The number of rotatable bonds is 9. The Kier molecular flexibility index (Phi) is 10.8. The summed E-state index contributed by atoms with van der Waals surface area (Å²) in [4.78, 5) is 6.93. The van der Waals surface area contributed by atoms with E-state index in [4.69, 9.17) is 0 Å². The Morgan fingerprint density at radius 1 is 1.24 bits per heavy atom. The second-order valence-electron chi connectivity index (χ2n) is 3.81. The predicted octanol–water partition coefficient (Wildman–Crippen LogP) is 1.46. The quantitative estimate of drug-likeness (QED) is 0.277. The lowest BCUT2D eigenvalue weighted by atomic mass is 10.4. The fourth-order valence-electron chi connectivity index (χ4n) is 1.54. The minimum Gasteiger partial charge on any atom is -0.357 e. The normalized spacial score (nSPS) is 11.6. The summed E-state index contributed by atoms with van der Waals surface area (Å²) in [6, 6.07) is 0. The number of hydrogen-bond acceptors (Lipinski definition) is 2. The van der Waals surface area contributed by atoms with Gasteiger partial charge in [0.25, 0.3) is 0 Å². The topological polar surface area (TPSA) is 39.7 Å². The van der Waals surface area contributed by atoms with Crippen LogP contribution in [-0.2, 0) is 0 Å². The molecule has 17 heavy (non-hydrogen) atoms. The first-order valence-electron chi connectivity index (χ1n) is 6.63. The molecule has 0 rings (SSSR count). The molecule has 0 spiro atoms. The highest BCUT2D eigenvalue weighted by molar-refractivity contribution is 5.79. The molecule has 0 fully saturated rings. The average molecular weight is 240 g/mol. The molecule has 4 nitrogen and oxygen atoms in total. The molecule has 0 aromatic carbocycles. The van der Waals surface area contributed by atoms with E-state index in [1.807, 2.05) is 6.08 Å². The summed E-state index contributed by atoms with van der Waals surface area (Å²) < 4.78 is 0. The van der Waals surface area contributed by atoms with Gasteiger partial charge in [0.05, 0.1) is 0 Å². The van der Waals surface area contributed by atoms with Crippen LogP contribution >= 0.6 is 0 Å². The van der Waals surface area contributed by atoms with Gasteiger partial charge in [0, 0.05) is 19.6 Å². The van der Waals surface area contributed by atoms with Crippen LogP contribution < -0.4 is 10.6 Å². The van der Waals surface area contributed by atoms with Gasteiger partial charge in [0.2, 0.25) is 0 Å². The maximum absolute atomic E-state index is 4.51. The number of nitrogens with zero attached hydrogens (tertiary/aromatic N) is 2. The maximum Gasteiger partial charge on any atom is 0.191 e. The molecule has 0 saturated carbocycles. The molecule has 0 heterocycles. The lowest BCUT2D eigenvalue weighted by Gasteiger charge is -2.17. The van der Waals surface area contributed by atoms with Crippen molar-refractivity contribution in [1.29, 1.82) is 0 Å². The Labute approximate surface area is 106 Å². The van der Waals surface area contributed by atoms with Gasteiger partial charge in [-0.2, -0.15) is 0 Å². The summed E-state index contributed by atoms with van der Waals surface area (Å²) in [5.41, 5.74) is 0. The largest absolute Gasteiger partial charge is 0.357 e. The Morgan fingerprint density at radius 3 is 2.47 bits per heavy atom. The first-order chi connectivity index (χ1) is 8.28. The third-order valence-electron chi connectivity index (χ3n) is 2.55. The molecule has 0 atom stereocenters. The summed E-state index contributed by atoms with van der Waals surface area (Å²) in [5.74, 6) is 0.881. The zero-order chi connectivity index (χ0) is 12.9. The van der Waals surface area contributed by atoms with Crippen LogP contribution in [0.25, 0.3) is 0 Å². The number of aliphatic imine (C=N–C) groups is 1. The highest BCUT2D eigenvalue weighted by Gasteiger charge is 1.98. The van der Waals surface area contributed by atoms with Gasteiger partial charge in [-0.15, -0.1) is 6.58 Å². The van der Waals surface area contributed by atoms with Crippen molar-refractivity contribution in [3.05, 3.63) is 12.7 Å². The monoisotopic (exact) mass is 240 g/mol. The standard InChI is InChI=1S/C13H28N4/c1-5-10-15-13(14-6-2)16-11-9-12-17(7-3)8-4/h5H,1,6-12H2,2-4H3,(H2,14,15,16). The Hall–Kier alpha value is -1.03. The molecule has 0 saturated heterocycles. The van der Waals surface area contributed by atoms with E-state index in [0.717, 1.165) is 51.6 Å². The van der Waals surface area contributed by atoms with Gasteiger partial charge in [-0.25, -0.2) is 0 Å². The molecule has 0 aliphatic carbocycles. The molecule has 0 aromatic rings. The molecule has 0 unspecified atom stereocenters. The van der Waals surface area contributed by atoms with E-state index in [9.17, 15) is 0 Å². The Bertz CT molecular complexity index is 209. The van der Waals surface area contributed by atoms with Crippen molar-refractivity contribution < 1.29 is 0 Å². The fraction of sp³-hybridized carbons (Fsp3) is 0.769. The van der Waals surface area contributed by atoms with Gasteiger partial charge in [-0.3, -0.25) is 4.99 Å². The Morgan fingerprint density at radius 2 is 1.94 bits per heavy atom. The minimum atomic E-state index is 0.752. The second-order valence-corrected chi connectivity index (χ2v) is 3.81. The molecule has 0 radical (unpaired) electrons. The highest BCUT2D eigenvalue weighted by atomic mass is 15.2. The van der Waals surface area contributed by atoms with E-state index in [1.54, 1.807) is 0 Å². The molecule has 0 amide bonds. The zero-order valence-electron chi connectivity index (χ0n) is 11.6. The van der Waals surface area contributed by atoms with Crippen molar-refractivity contribution in [2.45, 2.75) is 27.2 Å². The fourth-order valence-corrected chi connectivity index (χ4v) is 1.54. The lowest BCUT2D eigenvalue weighted by Crippen LogP contribution is -2.37. The third kappa shape index (κ3) is 8.74. The van der Waals surface area contributed by atoms with Crippen LogP contribution in [0.15, 0.2) is 17.6 Å². The number of nitrogens with one attached hydrogen (secondary N) is 2. The smallest absolute Gasteiger partial charge is 0.191 e. The Balaban J connectivity index is 3.85. The van der Waals surface area contributed by atoms with Crippen LogP contribution in [0.2, 0.25) is 0 Å². The zero-order valence-corrected chi connectivity index (χ0v) is 11.6. The first-order valence-corrected chi connectivity index (χ1v) is 6.63. The van der Waals surface area contributed by atoms with Gasteiger partial charge in [-0.1, -0.05) is 19.9 Å². The molecule has 0 bridgehead atoms. The van der Waals surface area contributed by atoms with Crippen molar-refractivity contribution in [1.82, 2.24) is 15.5 Å². The van der Waals surface area contributed by atoms with Crippen LogP contribution in [-0.4, -0.2) is 50.1 Å². The van der Waals surface area contributed by atoms with Gasteiger partial charge < -0.3 is 15.5 Å². The lowest BCUT2D eigenvalue weighted by molar-refractivity contribution is 0.302. The van der Waals surface area contributed by atoms with Gasteiger partial charge in [-0.05, 0) is 33.0 Å². The summed E-state index contributed by atoms with van der Waals surface area (Å²) >= 11 is 0. The minimum absolute atomic E-state index is 0.752. The van der Waals surface area contributed by atoms with Crippen LogP contribution in [0, 0.1) is 0 Å². The first kappa shape index (κ1) is 16.0. The summed E-state index contributed by atoms with van der Waals surface area (Å²) in [6.07, 6.45) is 2.94. The van der Waals surface area contributed by atoms with E-state index in [2.05, 4.69) is 47.9 Å². The van der Waals surface area contributed by atoms with Crippen molar-refractivity contribution in [2.24, 2.45) is 4.99 Å². The third-order valence-corrected chi connectivity index (χ3v) is 2.55. The number of hydrogen-bond donors (Lipinski definition) is 2. The molecular weight excluding hydrogens is 212 g/mol. The van der Waals surface area contributed by atoms with Gasteiger partial charge >= 0.3 is 0 Å². The van der Waals surface area contributed by atoms with E-state index in [-0.39, 0.29) is 0 Å². The van der Waals surface area contributed by atoms with Crippen molar-refractivity contribution >= 4 is 5.96 Å². The van der Waals surface area contributed by atoms with E-state index < -0.39 is 0 Å². The van der Waals surface area contributed by atoms with E-state index >= 15 is 0 Å². The van der Waals surface area contributed by atoms with E-state index in [0.29, 0.717) is 0 Å². The summed E-state index contributed by atoms with van der Waals surface area (Å²) in [7, 11) is 0. The highest BCUT2D eigenvalue weighted by Crippen LogP contribution is 1.91. The molecule has 100 valence electrons. The SMILES string of the molecule is C=CCNC(=NCCCN(CC)CC)NCC. The summed E-state index contributed by atoms with van der Waals surface area (Å²) in [6.45, 7) is 16.0. The van der Waals surface area contributed by atoms with Gasteiger partial charge in [0.1, 0.15) is 0 Å². The number of guanidine groups is 1. The maximum atomic E-state index is 4.51. The molecule has 2 N–H and O–H groups in total. The van der Waals surface area contributed by atoms with E-state index in [1.165, 1.54) is 0 Å². The van der Waals surface area contributed by atoms with Gasteiger partial charge in [0.15, 0.2) is 5.96 Å².